The monoisotopic (exact) mass is 257 g/mol. The van der Waals surface area contributed by atoms with Crippen molar-refractivity contribution in [1.82, 2.24) is 4.57 Å². The number of aromatic nitrogens is 1. The van der Waals surface area contributed by atoms with Crippen LogP contribution in [0.2, 0.25) is 0 Å². The summed E-state index contributed by atoms with van der Waals surface area (Å²) in [5.74, 6) is -0.501. The number of hydrogen-bond acceptors (Lipinski definition) is 1. The van der Waals surface area contributed by atoms with Crippen molar-refractivity contribution in [3.8, 4) is 0 Å². The van der Waals surface area contributed by atoms with Crippen molar-refractivity contribution in [2.75, 3.05) is 0 Å². The van der Waals surface area contributed by atoms with Crippen molar-refractivity contribution in [2.45, 2.75) is 33.2 Å². The Hall–Kier alpha value is -2.03. The van der Waals surface area contributed by atoms with Gasteiger partial charge in [-0.2, -0.15) is 0 Å². The Morgan fingerprint density at radius 1 is 1.26 bits per heavy atom. The van der Waals surface area contributed by atoms with Gasteiger partial charge < -0.3 is 9.67 Å². The van der Waals surface area contributed by atoms with E-state index in [9.17, 15) is 4.79 Å². The number of nitrogens with zero attached hydrogens (tertiary/aromatic N) is 1. The van der Waals surface area contributed by atoms with Crippen LogP contribution in [0.3, 0.4) is 0 Å². The summed E-state index contributed by atoms with van der Waals surface area (Å²) < 4.78 is 2.08. The Balaban J connectivity index is 2.27. The first-order chi connectivity index (χ1) is 9.00. The van der Waals surface area contributed by atoms with Crippen LogP contribution in [-0.2, 0) is 6.54 Å². The molecule has 0 bridgehead atoms. The zero-order valence-corrected chi connectivity index (χ0v) is 11.6. The highest BCUT2D eigenvalue weighted by Gasteiger charge is 2.16. The normalized spacial score (nSPS) is 12.4. The van der Waals surface area contributed by atoms with Gasteiger partial charge in [-0.3, -0.25) is 0 Å². The maximum Gasteiger partial charge on any atom is 0.337 e. The molecule has 19 heavy (non-hydrogen) atoms. The maximum absolute atomic E-state index is 11.1. The molecule has 0 radical (unpaired) electrons. The standard InChI is InChI=1S/C16H19NO2/c1-11(14-7-5-4-6-8-14)10-17-12(2)9-15(13(17)3)16(18)19/h4-9,11H,10H2,1-3H3,(H,18,19). The lowest BCUT2D eigenvalue weighted by atomic mass is 10.0. The van der Waals surface area contributed by atoms with Gasteiger partial charge in [0.25, 0.3) is 0 Å². The number of hydrogen-bond donors (Lipinski definition) is 1. The molecule has 3 heteroatoms. The van der Waals surface area contributed by atoms with E-state index in [4.69, 9.17) is 5.11 Å². The van der Waals surface area contributed by atoms with Crippen molar-refractivity contribution >= 4 is 5.97 Å². The van der Waals surface area contributed by atoms with Crippen LogP contribution in [0, 0.1) is 13.8 Å². The zero-order chi connectivity index (χ0) is 14.0. The Bertz CT molecular complexity index is 584. The van der Waals surface area contributed by atoms with Gasteiger partial charge >= 0.3 is 5.97 Å². The molecule has 0 aliphatic rings. The second-order valence-electron chi connectivity index (χ2n) is 5.01. The number of aromatic carboxylic acids is 1. The number of benzene rings is 1. The summed E-state index contributed by atoms with van der Waals surface area (Å²) in [6, 6.07) is 12.0. The quantitative estimate of drug-likeness (QED) is 0.909. The topological polar surface area (TPSA) is 42.2 Å². The lowest BCUT2D eigenvalue weighted by Gasteiger charge is -2.16. The highest BCUT2D eigenvalue weighted by Crippen LogP contribution is 2.22. The average Bonchev–Trinajstić information content (AvgIpc) is 2.68. The molecule has 1 unspecified atom stereocenters. The summed E-state index contributed by atoms with van der Waals surface area (Å²) in [7, 11) is 0. The number of rotatable bonds is 4. The van der Waals surface area contributed by atoms with Crippen LogP contribution < -0.4 is 0 Å². The van der Waals surface area contributed by atoms with Gasteiger partial charge in [-0.05, 0) is 31.4 Å². The minimum absolute atomic E-state index is 0.354. The molecule has 0 aliphatic heterocycles. The van der Waals surface area contributed by atoms with Gasteiger partial charge in [-0.15, -0.1) is 0 Å². The van der Waals surface area contributed by atoms with Gasteiger partial charge in [0, 0.05) is 17.9 Å². The van der Waals surface area contributed by atoms with Gasteiger partial charge in [-0.1, -0.05) is 37.3 Å². The molecule has 1 aromatic heterocycles. The molecule has 2 aromatic rings. The first kappa shape index (κ1) is 13.4. The second kappa shape index (κ2) is 5.31. The number of carbonyl (C=O) groups is 1. The van der Waals surface area contributed by atoms with E-state index in [0.29, 0.717) is 11.5 Å². The van der Waals surface area contributed by atoms with Gasteiger partial charge in [0.05, 0.1) is 5.56 Å². The predicted molar refractivity (Wildman–Crippen MR) is 75.7 cm³/mol. The van der Waals surface area contributed by atoms with Gasteiger partial charge in [0.15, 0.2) is 0 Å². The minimum Gasteiger partial charge on any atom is -0.478 e. The van der Waals surface area contributed by atoms with Gasteiger partial charge in [0.2, 0.25) is 0 Å². The molecule has 0 fully saturated rings. The molecular formula is C16H19NO2. The molecule has 2 rings (SSSR count). The Morgan fingerprint density at radius 2 is 1.89 bits per heavy atom. The highest BCUT2D eigenvalue weighted by atomic mass is 16.4. The smallest absolute Gasteiger partial charge is 0.337 e. The van der Waals surface area contributed by atoms with Crippen LogP contribution >= 0.6 is 0 Å². The fraction of sp³-hybridized carbons (Fsp3) is 0.312. The lowest BCUT2D eigenvalue weighted by Crippen LogP contribution is -2.10. The number of carboxylic acids is 1. The van der Waals surface area contributed by atoms with Crippen LogP contribution in [0.1, 0.15) is 40.2 Å². The Kier molecular flexibility index (Phi) is 3.74. The molecule has 0 saturated carbocycles. The molecule has 3 nitrogen and oxygen atoms in total. The summed E-state index contributed by atoms with van der Waals surface area (Å²) in [5, 5.41) is 9.14. The second-order valence-corrected chi connectivity index (χ2v) is 5.01. The highest BCUT2D eigenvalue weighted by molar-refractivity contribution is 5.89. The van der Waals surface area contributed by atoms with E-state index in [1.54, 1.807) is 6.07 Å². The van der Waals surface area contributed by atoms with Gasteiger partial charge in [-0.25, -0.2) is 4.79 Å². The van der Waals surface area contributed by atoms with Crippen molar-refractivity contribution < 1.29 is 9.90 Å². The van der Waals surface area contributed by atoms with Crippen LogP contribution in [0.15, 0.2) is 36.4 Å². The molecule has 100 valence electrons. The molecule has 1 N–H and O–H groups in total. The molecule has 1 atom stereocenters. The summed E-state index contributed by atoms with van der Waals surface area (Å²) in [6.07, 6.45) is 0. The van der Waals surface area contributed by atoms with Crippen LogP contribution in [0.25, 0.3) is 0 Å². The summed E-state index contributed by atoms with van der Waals surface area (Å²) >= 11 is 0. The fourth-order valence-corrected chi connectivity index (χ4v) is 2.46. The van der Waals surface area contributed by atoms with E-state index in [1.807, 2.05) is 32.0 Å². The first-order valence-electron chi connectivity index (χ1n) is 6.45. The van der Waals surface area contributed by atoms with E-state index in [1.165, 1.54) is 5.56 Å². The minimum atomic E-state index is -0.855. The molecule has 0 spiro atoms. The third-order valence-electron chi connectivity index (χ3n) is 3.63. The third-order valence-corrected chi connectivity index (χ3v) is 3.63. The summed E-state index contributed by atoms with van der Waals surface area (Å²) in [4.78, 5) is 11.1. The summed E-state index contributed by atoms with van der Waals surface area (Å²) in [6.45, 7) is 6.79. The average molecular weight is 257 g/mol. The van der Waals surface area contributed by atoms with E-state index >= 15 is 0 Å². The molecule has 0 amide bonds. The maximum atomic E-state index is 11.1. The van der Waals surface area contributed by atoms with E-state index in [2.05, 4.69) is 23.6 Å². The van der Waals surface area contributed by atoms with E-state index in [-0.39, 0.29) is 0 Å². The van der Waals surface area contributed by atoms with Crippen LogP contribution in [0.5, 0.6) is 0 Å². The predicted octanol–water partition coefficient (Wildman–Crippen LogP) is 3.61. The number of carboxylic acid groups (broad SMARTS) is 1. The number of aryl methyl sites for hydroxylation is 1. The largest absolute Gasteiger partial charge is 0.478 e. The lowest BCUT2D eigenvalue weighted by molar-refractivity contribution is 0.0696. The van der Waals surface area contributed by atoms with E-state index in [0.717, 1.165) is 17.9 Å². The molecule has 0 saturated heterocycles. The molecular weight excluding hydrogens is 238 g/mol. The molecule has 1 aromatic carbocycles. The first-order valence-corrected chi connectivity index (χ1v) is 6.45. The third kappa shape index (κ3) is 2.70. The SMILES string of the molecule is Cc1cc(C(=O)O)c(C)n1CC(C)c1ccccc1. The molecule has 1 heterocycles. The van der Waals surface area contributed by atoms with Crippen LogP contribution in [-0.4, -0.2) is 15.6 Å². The van der Waals surface area contributed by atoms with Crippen molar-refractivity contribution in [1.29, 1.82) is 0 Å². The van der Waals surface area contributed by atoms with E-state index < -0.39 is 5.97 Å². The van der Waals surface area contributed by atoms with Gasteiger partial charge in [0.1, 0.15) is 0 Å². The van der Waals surface area contributed by atoms with Crippen LogP contribution in [0.4, 0.5) is 0 Å². The molecule has 0 aliphatic carbocycles. The Labute approximate surface area is 113 Å². The fourth-order valence-electron chi connectivity index (χ4n) is 2.46. The van der Waals surface area contributed by atoms with Crippen molar-refractivity contribution in [2.24, 2.45) is 0 Å². The van der Waals surface area contributed by atoms with Crippen molar-refractivity contribution in [3.63, 3.8) is 0 Å². The summed E-state index contributed by atoms with van der Waals surface area (Å²) in [5.41, 5.74) is 3.50. The zero-order valence-electron chi connectivity index (χ0n) is 11.6. The Morgan fingerprint density at radius 3 is 2.42 bits per heavy atom. The van der Waals surface area contributed by atoms with Crippen molar-refractivity contribution in [3.05, 3.63) is 58.9 Å².